The third-order valence-corrected chi connectivity index (χ3v) is 1.98. The lowest BCUT2D eigenvalue weighted by atomic mass is 10.0. The van der Waals surface area contributed by atoms with Crippen molar-refractivity contribution >= 4 is 5.91 Å². The molecule has 0 spiro atoms. The number of hydrogen-bond donors (Lipinski definition) is 1. The molecule has 74 valence electrons. The van der Waals surface area contributed by atoms with Crippen molar-refractivity contribution in [2.75, 3.05) is 0 Å². The van der Waals surface area contributed by atoms with Crippen LogP contribution in [0.2, 0.25) is 0 Å². The molecular weight excluding hydrogens is 183 g/mol. The molecule has 0 fully saturated rings. The fourth-order valence-corrected chi connectivity index (χ4v) is 1.30. The Morgan fingerprint density at radius 2 is 2.00 bits per heavy atom. The van der Waals surface area contributed by atoms with Crippen LogP contribution >= 0.6 is 0 Å². The van der Waals surface area contributed by atoms with Crippen molar-refractivity contribution in [2.45, 2.75) is 32.4 Å². The number of carbonyl (C=O) groups excluding carboxylic acids is 1. The van der Waals surface area contributed by atoms with E-state index in [-0.39, 0.29) is 18.4 Å². The van der Waals surface area contributed by atoms with Gasteiger partial charge in [0.25, 0.3) is 0 Å². The van der Waals surface area contributed by atoms with E-state index in [4.69, 9.17) is 0 Å². The zero-order valence-electron chi connectivity index (χ0n) is 7.16. The Hall–Kier alpha value is -1.00. The molecule has 1 aliphatic rings. The second-order valence-corrected chi connectivity index (χ2v) is 2.88. The van der Waals surface area contributed by atoms with Gasteiger partial charge < -0.3 is 5.32 Å². The average molecular weight is 193 g/mol. The van der Waals surface area contributed by atoms with Crippen LogP contribution in [0.25, 0.3) is 0 Å². The second kappa shape index (κ2) is 3.40. The third-order valence-electron chi connectivity index (χ3n) is 1.98. The van der Waals surface area contributed by atoms with Gasteiger partial charge in [0.2, 0.25) is 5.91 Å². The third kappa shape index (κ3) is 2.23. The van der Waals surface area contributed by atoms with Gasteiger partial charge in [0, 0.05) is 6.42 Å². The smallest absolute Gasteiger partial charge is 0.322 e. The van der Waals surface area contributed by atoms with Gasteiger partial charge in [0.05, 0.1) is 0 Å². The molecule has 0 unspecified atom stereocenters. The van der Waals surface area contributed by atoms with E-state index in [2.05, 4.69) is 0 Å². The first-order valence-electron chi connectivity index (χ1n) is 4.04. The highest BCUT2D eigenvalue weighted by molar-refractivity contribution is 5.79. The first-order valence-corrected chi connectivity index (χ1v) is 4.04. The summed E-state index contributed by atoms with van der Waals surface area (Å²) < 4.78 is 36.8. The van der Waals surface area contributed by atoms with Crippen LogP contribution in [0.3, 0.4) is 0 Å². The largest absolute Gasteiger partial charge is 0.431 e. The lowest BCUT2D eigenvalue weighted by Gasteiger charge is -2.22. The standard InChI is InChI=1S/C8H10F3NO/c1-2-5-3-4-6(13)12-7(5)8(9,10)11/h2-4H2,1H3,(H,12,13). The number of carbonyl (C=O) groups is 1. The summed E-state index contributed by atoms with van der Waals surface area (Å²) in [6.45, 7) is 1.65. The summed E-state index contributed by atoms with van der Waals surface area (Å²) in [5.41, 5.74) is -0.571. The van der Waals surface area contributed by atoms with Crippen LogP contribution in [0.1, 0.15) is 26.2 Å². The van der Waals surface area contributed by atoms with E-state index in [1.54, 1.807) is 6.92 Å². The summed E-state index contributed by atoms with van der Waals surface area (Å²) in [6.07, 6.45) is -3.73. The molecule has 0 saturated carbocycles. The van der Waals surface area contributed by atoms with Crippen LogP contribution in [0.4, 0.5) is 13.2 Å². The maximum absolute atomic E-state index is 12.3. The van der Waals surface area contributed by atoms with E-state index in [0.29, 0.717) is 6.42 Å². The minimum Gasteiger partial charge on any atom is -0.322 e. The van der Waals surface area contributed by atoms with Gasteiger partial charge in [-0.2, -0.15) is 13.2 Å². The van der Waals surface area contributed by atoms with Crippen LogP contribution in [0.15, 0.2) is 11.3 Å². The van der Waals surface area contributed by atoms with Crippen molar-refractivity contribution in [1.29, 1.82) is 0 Å². The van der Waals surface area contributed by atoms with Gasteiger partial charge in [0.15, 0.2) is 0 Å². The summed E-state index contributed by atoms with van der Waals surface area (Å²) in [5, 5.41) is 1.87. The maximum atomic E-state index is 12.3. The van der Waals surface area contributed by atoms with E-state index in [9.17, 15) is 18.0 Å². The molecule has 1 rings (SSSR count). The quantitative estimate of drug-likeness (QED) is 0.679. The van der Waals surface area contributed by atoms with Crippen molar-refractivity contribution in [3.63, 3.8) is 0 Å². The SMILES string of the molecule is CCC1=C(C(F)(F)F)NC(=O)CC1. The predicted molar refractivity (Wildman–Crippen MR) is 40.7 cm³/mol. The van der Waals surface area contributed by atoms with Crippen LogP contribution in [-0.4, -0.2) is 12.1 Å². The zero-order valence-corrected chi connectivity index (χ0v) is 7.16. The summed E-state index contributed by atoms with van der Waals surface area (Å²) in [4.78, 5) is 10.7. The summed E-state index contributed by atoms with van der Waals surface area (Å²) >= 11 is 0. The van der Waals surface area contributed by atoms with Gasteiger partial charge in [-0.15, -0.1) is 0 Å². The second-order valence-electron chi connectivity index (χ2n) is 2.88. The minimum atomic E-state index is -4.43. The summed E-state index contributed by atoms with van der Waals surface area (Å²) in [7, 11) is 0. The molecule has 0 radical (unpaired) electrons. The molecule has 1 aliphatic heterocycles. The molecule has 0 bridgehead atoms. The number of allylic oxidation sites excluding steroid dienone is 2. The molecule has 0 aliphatic carbocycles. The molecule has 0 aromatic rings. The molecule has 2 nitrogen and oxygen atoms in total. The maximum Gasteiger partial charge on any atom is 0.431 e. The normalized spacial score (nSPS) is 18.9. The first kappa shape index (κ1) is 10.1. The van der Waals surface area contributed by atoms with E-state index >= 15 is 0 Å². The van der Waals surface area contributed by atoms with Gasteiger partial charge >= 0.3 is 6.18 Å². The topological polar surface area (TPSA) is 29.1 Å². The van der Waals surface area contributed by atoms with Gasteiger partial charge in [0.1, 0.15) is 5.70 Å². The Balaban J connectivity index is 2.98. The average Bonchev–Trinajstić information content (AvgIpc) is 2.03. The van der Waals surface area contributed by atoms with E-state index in [1.807, 2.05) is 5.32 Å². The molecular formula is C8H10F3NO. The molecule has 5 heteroatoms. The molecule has 1 heterocycles. The molecule has 13 heavy (non-hydrogen) atoms. The summed E-state index contributed by atoms with van der Waals surface area (Å²) in [5.74, 6) is -0.551. The van der Waals surface area contributed by atoms with Crippen LogP contribution in [0.5, 0.6) is 0 Å². The van der Waals surface area contributed by atoms with Crippen LogP contribution in [-0.2, 0) is 4.79 Å². The Morgan fingerprint density at radius 1 is 1.38 bits per heavy atom. The number of alkyl halides is 3. The fraction of sp³-hybridized carbons (Fsp3) is 0.625. The lowest BCUT2D eigenvalue weighted by Crippen LogP contribution is -2.35. The van der Waals surface area contributed by atoms with Crippen molar-refractivity contribution in [3.8, 4) is 0 Å². The van der Waals surface area contributed by atoms with Crippen molar-refractivity contribution < 1.29 is 18.0 Å². The van der Waals surface area contributed by atoms with Gasteiger partial charge in [-0.05, 0) is 18.4 Å². The number of rotatable bonds is 1. The molecule has 1 amide bonds. The van der Waals surface area contributed by atoms with Crippen LogP contribution in [0, 0.1) is 0 Å². The molecule has 1 N–H and O–H groups in total. The predicted octanol–water partition coefficient (Wildman–Crippen LogP) is 2.12. The van der Waals surface area contributed by atoms with Crippen molar-refractivity contribution in [1.82, 2.24) is 5.32 Å². The minimum absolute atomic E-state index is 0.156. The Bertz CT molecular complexity index is 255. The number of nitrogens with one attached hydrogen (secondary N) is 1. The highest BCUT2D eigenvalue weighted by Crippen LogP contribution is 2.31. The van der Waals surface area contributed by atoms with Crippen molar-refractivity contribution in [2.24, 2.45) is 0 Å². The highest BCUT2D eigenvalue weighted by atomic mass is 19.4. The van der Waals surface area contributed by atoms with Gasteiger partial charge in [-0.1, -0.05) is 6.92 Å². The number of amides is 1. The van der Waals surface area contributed by atoms with Gasteiger partial charge in [-0.25, -0.2) is 0 Å². The van der Waals surface area contributed by atoms with Gasteiger partial charge in [-0.3, -0.25) is 4.79 Å². The fourth-order valence-electron chi connectivity index (χ4n) is 1.30. The molecule has 0 aromatic carbocycles. The number of halogens is 3. The van der Waals surface area contributed by atoms with E-state index in [0.717, 1.165) is 0 Å². The summed E-state index contributed by atoms with van der Waals surface area (Å²) in [6, 6.07) is 0. The molecule has 0 aromatic heterocycles. The Morgan fingerprint density at radius 3 is 2.46 bits per heavy atom. The van der Waals surface area contributed by atoms with Crippen molar-refractivity contribution in [3.05, 3.63) is 11.3 Å². The number of hydrogen-bond acceptors (Lipinski definition) is 1. The highest BCUT2D eigenvalue weighted by Gasteiger charge is 2.38. The molecule has 0 atom stereocenters. The molecule has 0 saturated heterocycles. The van der Waals surface area contributed by atoms with E-state index in [1.165, 1.54) is 0 Å². The Kier molecular flexibility index (Phi) is 2.63. The van der Waals surface area contributed by atoms with E-state index < -0.39 is 17.8 Å². The zero-order chi connectivity index (χ0) is 10.1. The lowest BCUT2D eigenvalue weighted by molar-refractivity contribution is -0.128. The first-order chi connectivity index (χ1) is 5.95. The van der Waals surface area contributed by atoms with Crippen LogP contribution < -0.4 is 5.32 Å². The Labute approximate surface area is 73.8 Å². The monoisotopic (exact) mass is 193 g/mol.